The molecule has 1 aliphatic carbocycles. The monoisotopic (exact) mass is 248 g/mol. The van der Waals surface area contributed by atoms with Gasteiger partial charge in [0.05, 0.1) is 6.10 Å². The SMILES string of the molecule is CC(C)Oc1cccnc1NC1CCCC1(C)C. The molecule has 1 aliphatic rings. The van der Waals surface area contributed by atoms with Gasteiger partial charge in [-0.15, -0.1) is 0 Å². The number of nitrogens with zero attached hydrogens (tertiary/aromatic N) is 1. The summed E-state index contributed by atoms with van der Waals surface area (Å²) in [5, 5.41) is 3.57. The van der Waals surface area contributed by atoms with Gasteiger partial charge in [0.15, 0.2) is 11.6 Å². The molecule has 3 nitrogen and oxygen atoms in total. The number of anilines is 1. The third kappa shape index (κ3) is 2.95. The van der Waals surface area contributed by atoms with Gasteiger partial charge in [0, 0.05) is 12.2 Å². The van der Waals surface area contributed by atoms with Crippen molar-refractivity contribution in [3.8, 4) is 5.75 Å². The quantitative estimate of drug-likeness (QED) is 0.878. The Balaban J connectivity index is 2.13. The third-order valence-corrected chi connectivity index (χ3v) is 3.70. The lowest BCUT2D eigenvalue weighted by molar-refractivity contribution is 0.242. The maximum Gasteiger partial charge on any atom is 0.169 e. The summed E-state index contributed by atoms with van der Waals surface area (Å²) < 4.78 is 5.80. The molecule has 0 bridgehead atoms. The number of hydrogen-bond donors (Lipinski definition) is 1. The zero-order valence-electron chi connectivity index (χ0n) is 11.9. The van der Waals surface area contributed by atoms with Gasteiger partial charge < -0.3 is 10.1 Å². The predicted molar refractivity (Wildman–Crippen MR) is 75.0 cm³/mol. The molecule has 0 aromatic carbocycles. The van der Waals surface area contributed by atoms with E-state index in [1.807, 2.05) is 32.2 Å². The maximum absolute atomic E-state index is 5.80. The van der Waals surface area contributed by atoms with Crippen molar-refractivity contribution in [1.82, 2.24) is 4.98 Å². The second-order valence-electron chi connectivity index (χ2n) is 6.09. The highest BCUT2D eigenvalue weighted by Gasteiger charge is 2.34. The number of hydrogen-bond acceptors (Lipinski definition) is 3. The van der Waals surface area contributed by atoms with Crippen molar-refractivity contribution >= 4 is 5.82 Å². The van der Waals surface area contributed by atoms with E-state index in [9.17, 15) is 0 Å². The van der Waals surface area contributed by atoms with Gasteiger partial charge in [-0.25, -0.2) is 4.98 Å². The van der Waals surface area contributed by atoms with E-state index in [-0.39, 0.29) is 6.10 Å². The third-order valence-electron chi connectivity index (χ3n) is 3.70. The van der Waals surface area contributed by atoms with E-state index in [2.05, 4.69) is 24.1 Å². The fraction of sp³-hybridized carbons (Fsp3) is 0.667. The molecule has 1 unspecified atom stereocenters. The summed E-state index contributed by atoms with van der Waals surface area (Å²) in [6.07, 6.45) is 5.77. The van der Waals surface area contributed by atoms with Gasteiger partial charge in [0.25, 0.3) is 0 Å². The lowest BCUT2D eigenvalue weighted by atomic mass is 9.87. The molecule has 3 heteroatoms. The molecule has 2 rings (SSSR count). The molecule has 1 heterocycles. The van der Waals surface area contributed by atoms with E-state index in [4.69, 9.17) is 4.74 Å². The average molecular weight is 248 g/mol. The number of aromatic nitrogens is 1. The summed E-state index contributed by atoms with van der Waals surface area (Å²) >= 11 is 0. The minimum atomic E-state index is 0.173. The number of nitrogens with one attached hydrogen (secondary N) is 1. The van der Waals surface area contributed by atoms with Gasteiger partial charge in [0.1, 0.15) is 0 Å². The fourth-order valence-electron chi connectivity index (χ4n) is 2.61. The number of ether oxygens (including phenoxy) is 1. The van der Waals surface area contributed by atoms with Gasteiger partial charge in [-0.05, 0) is 44.2 Å². The smallest absolute Gasteiger partial charge is 0.169 e. The van der Waals surface area contributed by atoms with Crippen molar-refractivity contribution in [3.05, 3.63) is 18.3 Å². The van der Waals surface area contributed by atoms with E-state index in [1.54, 1.807) is 0 Å². The minimum absolute atomic E-state index is 0.173. The van der Waals surface area contributed by atoms with Gasteiger partial charge >= 0.3 is 0 Å². The highest BCUT2D eigenvalue weighted by atomic mass is 16.5. The van der Waals surface area contributed by atoms with E-state index >= 15 is 0 Å². The van der Waals surface area contributed by atoms with Crippen molar-refractivity contribution in [2.45, 2.75) is 59.1 Å². The Labute approximate surface area is 110 Å². The van der Waals surface area contributed by atoms with Crippen LogP contribution in [-0.4, -0.2) is 17.1 Å². The summed E-state index contributed by atoms with van der Waals surface area (Å²) in [7, 11) is 0. The molecule has 0 aliphatic heterocycles. The summed E-state index contributed by atoms with van der Waals surface area (Å²) in [6.45, 7) is 8.72. The van der Waals surface area contributed by atoms with Crippen LogP contribution in [0.3, 0.4) is 0 Å². The molecule has 0 saturated heterocycles. The van der Waals surface area contributed by atoms with Crippen LogP contribution >= 0.6 is 0 Å². The van der Waals surface area contributed by atoms with Crippen LogP contribution in [0.5, 0.6) is 5.75 Å². The zero-order chi connectivity index (χ0) is 13.2. The molecule has 0 spiro atoms. The highest BCUT2D eigenvalue weighted by Crippen LogP contribution is 2.39. The molecular weight excluding hydrogens is 224 g/mol. The molecule has 100 valence electrons. The van der Waals surface area contributed by atoms with Gasteiger partial charge in [-0.1, -0.05) is 20.3 Å². The Morgan fingerprint density at radius 2 is 2.22 bits per heavy atom. The van der Waals surface area contributed by atoms with Gasteiger partial charge in [-0.3, -0.25) is 0 Å². The number of rotatable bonds is 4. The first-order valence-electron chi connectivity index (χ1n) is 6.87. The summed E-state index contributed by atoms with van der Waals surface area (Å²) in [6, 6.07) is 4.39. The van der Waals surface area contributed by atoms with E-state index < -0.39 is 0 Å². The Morgan fingerprint density at radius 1 is 1.44 bits per heavy atom. The number of pyridine rings is 1. The van der Waals surface area contributed by atoms with Crippen LogP contribution in [0.15, 0.2) is 18.3 Å². The van der Waals surface area contributed by atoms with Crippen LogP contribution in [-0.2, 0) is 0 Å². The summed E-state index contributed by atoms with van der Waals surface area (Å²) in [5.74, 6) is 1.74. The Bertz CT molecular complexity index is 401. The molecule has 1 saturated carbocycles. The van der Waals surface area contributed by atoms with E-state index in [0.29, 0.717) is 11.5 Å². The van der Waals surface area contributed by atoms with Crippen LogP contribution in [0, 0.1) is 5.41 Å². The first kappa shape index (κ1) is 13.2. The largest absolute Gasteiger partial charge is 0.487 e. The van der Waals surface area contributed by atoms with E-state index in [0.717, 1.165) is 11.6 Å². The Kier molecular flexibility index (Phi) is 3.79. The topological polar surface area (TPSA) is 34.1 Å². The second kappa shape index (κ2) is 5.17. The van der Waals surface area contributed by atoms with Gasteiger partial charge in [-0.2, -0.15) is 0 Å². The maximum atomic E-state index is 5.80. The standard InChI is InChI=1S/C15H24N2O/c1-11(2)18-12-7-6-10-16-14(12)17-13-8-5-9-15(13,3)4/h6-7,10-11,13H,5,8-9H2,1-4H3,(H,16,17). The normalized spacial score (nSPS) is 22.2. The molecule has 18 heavy (non-hydrogen) atoms. The van der Waals surface area contributed by atoms with Crippen LogP contribution in [0.25, 0.3) is 0 Å². The van der Waals surface area contributed by atoms with Crippen LogP contribution in [0.4, 0.5) is 5.82 Å². The van der Waals surface area contributed by atoms with Crippen LogP contribution in [0.2, 0.25) is 0 Å². The molecule has 1 aromatic rings. The molecule has 1 atom stereocenters. The minimum Gasteiger partial charge on any atom is -0.487 e. The lowest BCUT2D eigenvalue weighted by Gasteiger charge is -2.29. The molecule has 0 radical (unpaired) electrons. The molecular formula is C15H24N2O. The molecule has 1 aromatic heterocycles. The Hall–Kier alpha value is -1.25. The highest BCUT2D eigenvalue weighted by molar-refractivity contribution is 5.50. The zero-order valence-corrected chi connectivity index (χ0v) is 11.9. The van der Waals surface area contributed by atoms with Crippen LogP contribution < -0.4 is 10.1 Å². The van der Waals surface area contributed by atoms with Crippen molar-refractivity contribution in [2.24, 2.45) is 5.41 Å². The molecule has 1 fully saturated rings. The summed E-state index contributed by atoms with van der Waals surface area (Å²) in [5.41, 5.74) is 0.340. The predicted octanol–water partition coefficient (Wildman–Crippen LogP) is 3.86. The lowest BCUT2D eigenvalue weighted by Crippen LogP contribution is -2.31. The second-order valence-corrected chi connectivity index (χ2v) is 6.09. The first-order valence-corrected chi connectivity index (χ1v) is 6.87. The van der Waals surface area contributed by atoms with Crippen molar-refractivity contribution < 1.29 is 4.74 Å². The fourth-order valence-corrected chi connectivity index (χ4v) is 2.61. The molecule has 1 N–H and O–H groups in total. The van der Waals surface area contributed by atoms with E-state index in [1.165, 1.54) is 19.3 Å². The van der Waals surface area contributed by atoms with Crippen molar-refractivity contribution in [3.63, 3.8) is 0 Å². The van der Waals surface area contributed by atoms with Crippen molar-refractivity contribution in [1.29, 1.82) is 0 Å². The Morgan fingerprint density at radius 3 is 2.83 bits per heavy atom. The average Bonchev–Trinajstić information content (AvgIpc) is 2.60. The molecule has 0 amide bonds. The van der Waals surface area contributed by atoms with Gasteiger partial charge in [0.2, 0.25) is 0 Å². The summed E-state index contributed by atoms with van der Waals surface area (Å²) in [4.78, 5) is 4.42. The first-order chi connectivity index (χ1) is 8.49. The van der Waals surface area contributed by atoms with Crippen LogP contribution in [0.1, 0.15) is 47.0 Å². The van der Waals surface area contributed by atoms with Crippen molar-refractivity contribution in [2.75, 3.05) is 5.32 Å².